The molecule has 0 aliphatic heterocycles. The van der Waals surface area contributed by atoms with Gasteiger partial charge in [-0.15, -0.1) is 0 Å². The van der Waals surface area contributed by atoms with Crippen molar-refractivity contribution in [1.82, 2.24) is 5.16 Å². The first-order chi connectivity index (χ1) is 8.62. The van der Waals surface area contributed by atoms with Crippen LogP contribution in [0.15, 0.2) is 10.6 Å². The Labute approximate surface area is 112 Å². The topological polar surface area (TPSA) is 26.0 Å². The quantitative estimate of drug-likeness (QED) is 0.549. The molecule has 18 heavy (non-hydrogen) atoms. The van der Waals surface area contributed by atoms with Gasteiger partial charge in [0.05, 0.1) is 5.69 Å². The molecule has 0 radical (unpaired) electrons. The van der Waals surface area contributed by atoms with Crippen molar-refractivity contribution in [2.75, 3.05) is 0 Å². The van der Waals surface area contributed by atoms with Gasteiger partial charge >= 0.3 is 0 Å². The van der Waals surface area contributed by atoms with E-state index in [1.807, 2.05) is 6.92 Å². The third-order valence-electron chi connectivity index (χ3n) is 3.91. The Morgan fingerprint density at radius 1 is 1.06 bits per heavy atom. The van der Waals surface area contributed by atoms with Crippen LogP contribution in [0.3, 0.4) is 0 Å². The minimum atomic E-state index is 0.210. The number of unbranched alkanes of at least 4 members (excludes halogenated alkanes) is 4. The third kappa shape index (κ3) is 4.47. The van der Waals surface area contributed by atoms with Crippen LogP contribution in [0.2, 0.25) is 0 Å². The van der Waals surface area contributed by atoms with Gasteiger partial charge < -0.3 is 4.52 Å². The maximum Gasteiger partial charge on any atom is 0.133 e. The molecule has 0 aliphatic carbocycles. The lowest BCUT2D eigenvalue weighted by Crippen LogP contribution is -2.22. The molecule has 1 aromatic rings. The van der Waals surface area contributed by atoms with E-state index in [-0.39, 0.29) is 5.41 Å². The first-order valence-corrected chi connectivity index (χ1v) is 7.56. The predicted molar refractivity (Wildman–Crippen MR) is 76.9 cm³/mol. The fourth-order valence-corrected chi connectivity index (χ4v) is 2.54. The van der Waals surface area contributed by atoms with Gasteiger partial charge in [0, 0.05) is 11.5 Å². The third-order valence-corrected chi connectivity index (χ3v) is 3.91. The molecule has 0 saturated heterocycles. The summed E-state index contributed by atoms with van der Waals surface area (Å²) in [4.78, 5) is 0. The zero-order valence-electron chi connectivity index (χ0n) is 12.6. The van der Waals surface area contributed by atoms with Gasteiger partial charge in [0.25, 0.3) is 0 Å². The van der Waals surface area contributed by atoms with Crippen molar-refractivity contribution in [3.05, 3.63) is 17.5 Å². The molecule has 0 saturated carbocycles. The van der Waals surface area contributed by atoms with Crippen molar-refractivity contribution in [2.45, 2.75) is 84.5 Å². The summed E-state index contributed by atoms with van der Waals surface area (Å²) < 4.78 is 5.27. The Hall–Kier alpha value is -0.790. The molecular weight excluding hydrogens is 222 g/mol. The van der Waals surface area contributed by atoms with E-state index in [1.54, 1.807) is 0 Å². The van der Waals surface area contributed by atoms with Gasteiger partial charge in [-0.3, -0.25) is 0 Å². The molecule has 1 rings (SSSR count). The average Bonchev–Trinajstić information content (AvgIpc) is 2.80. The minimum Gasteiger partial charge on any atom is -0.361 e. The molecule has 0 spiro atoms. The molecule has 0 bridgehead atoms. The van der Waals surface area contributed by atoms with Crippen LogP contribution in [0.25, 0.3) is 0 Å². The molecular formula is C16H29NO. The first kappa shape index (κ1) is 15.3. The zero-order chi connectivity index (χ0) is 13.4. The van der Waals surface area contributed by atoms with Crippen LogP contribution in [0.1, 0.15) is 83.6 Å². The van der Waals surface area contributed by atoms with Gasteiger partial charge in [0.1, 0.15) is 5.76 Å². The summed E-state index contributed by atoms with van der Waals surface area (Å²) in [6.07, 6.45) is 10.3. The zero-order valence-corrected chi connectivity index (χ0v) is 12.6. The van der Waals surface area contributed by atoms with Crippen molar-refractivity contribution < 1.29 is 4.52 Å². The lowest BCUT2D eigenvalue weighted by Gasteiger charge is -2.27. The van der Waals surface area contributed by atoms with E-state index in [1.165, 1.54) is 51.4 Å². The summed E-state index contributed by atoms with van der Waals surface area (Å²) in [5.74, 6) is 0.932. The van der Waals surface area contributed by atoms with Crippen molar-refractivity contribution in [3.8, 4) is 0 Å². The van der Waals surface area contributed by atoms with Crippen LogP contribution in [0, 0.1) is 6.92 Å². The Kier molecular flexibility index (Phi) is 6.45. The Morgan fingerprint density at radius 3 is 2.28 bits per heavy atom. The van der Waals surface area contributed by atoms with E-state index in [2.05, 4.69) is 32.0 Å². The maximum atomic E-state index is 5.27. The molecule has 2 heteroatoms. The van der Waals surface area contributed by atoms with Crippen LogP contribution in [-0.2, 0) is 5.41 Å². The number of nitrogens with zero attached hydrogens (tertiary/aromatic N) is 1. The number of aromatic nitrogens is 1. The van der Waals surface area contributed by atoms with Crippen molar-refractivity contribution >= 4 is 0 Å². The summed E-state index contributed by atoms with van der Waals surface area (Å²) in [5, 5.41) is 4.26. The van der Waals surface area contributed by atoms with Crippen LogP contribution < -0.4 is 0 Å². The van der Waals surface area contributed by atoms with E-state index < -0.39 is 0 Å². The van der Waals surface area contributed by atoms with Crippen LogP contribution >= 0.6 is 0 Å². The van der Waals surface area contributed by atoms with Gasteiger partial charge in [0.2, 0.25) is 0 Å². The number of rotatable bonds is 9. The second-order valence-electron chi connectivity index (χ2n) is 5.80. The lowest BCUT2D eigenvalue weighted by molar-refractivity contribution is 0.324. The summed E-state index contributed by atoms with van der Waals surface area (Å²) in [6.45, 7) is 8.85. The maximum absolute atomic E-state index is 5.27. The Morgan fingerprint density at radius 2 is 1.72 bits per heavy atom. The van der Waals surface area contributed by atoms with E-state index in [9.17, 15) is 0 Å². The summed E-state index contributed by atoms with van der Waals surface area (Å²) >= 11 is 0. The molecule has 0 aromatic carbocycles. The van der Waals surface area contributed by atoms with E-state index in [0.717, 1.165) is 11.5 Å². The van der Waals surface area contributed by atoms with Crippen molar-refractivity contribution in [3.63, 3.8) is 0 Å². The monoisotopic (exact) mass is 251 g/mol. The molecule has 1 aromatic heterocycles. The Bertz CT molecular complexity index is 332. The summed E-state index contributed by atoms with van der Waals surface area (Å²) in [7, 11) is 0. The standard InChI is InChI=1S/C16H29NO/c1-5-7-9-10-12-16(4,11-8-6-2)15-13-14(3)18-17-15/h13H,5-12H2,1-4H3. The molecule has 1 heterocycles. The molecule has 0 amide bonds. The summed E-state index contributed by atoms with van der Waals surface area (Å²) in [5.41, 5.74) is 1.37. The highest BCUT2D eigenvalue weighted by Crippen LogP contribution is 2.34. The van der Waals surface area contributed by atoms with Gasteiger partial charge in [0.15, 0.2) is 0 Å². The molecule has 0 N–H and O–H groups in total. The number of hydrogen-bond donors (Lipinski definition) is 0. The van der Waals surface area contributed by atoms with Crippen LogP contribution in [0.4, 0.5) is 0 Å². The SMILES string of the molecule is CCCCCCC(C)(CCCC)c1cc(C)on1. The molecule has 1 atom stereocenters. The molecule has 0 fully saturated rings. The van der Waals surface area contributed by atoms with Gasteiger partial charge in [-0.05, 0) is 19.8 Å². The fraction of sp³-hybridized carbons (Fsp3) is 0.812. The van der Waals surface area contributed by atoms with Gasteiger partial charge in [-0.2, -0.15) is 0 Å². The number of aryl methyl sites for hydroxylation is 1. The molecule has 1 unspecified atom stereocenters. The molecule has 0 aliphatic rings. The van der Waals surface area contributed by atoms with Crippen LogP contribution in [0.5, 0.6) is 0 Å². The number of hydrogen-bond acceptors (Lipinski definition) is 2. The molecule has 2 nitrogen and oxygen atoms in total. The van der Waals surface area contributed by atoms with Crippen LogP contribution in [-0.4, -0.2) is 5.16 Å². The highest BCUT2D eigenvalue weighted by atomic mass is 16.5. The van der Waals surface area contributed by atoms with E-state index >= 15 is 0 Å². The normalized spacial score (nSPS) is 14.7. The predicted octanol–water partition coefficient (Wildman–Crippen LogP) is 5.40. The Balaban J connectivity index is 2.62. The van der Waals surface area contributed by atoms with E-state index in [4.69, 9.17) is 4.52 Å². The second-order valence-corrected chi connectivity index (χ2v) is 5.80. The highest BCUT2D eigenvalue weighted by Gasteiger charge is 2.28. The fourth-order valence-electron chi connectivity index (χ4n) is 2.54. The second kappa shape index (κ2) is 7.60. The van der Waals surface area contributed by atoms with Gasteiger partial charge in [-0.1, -0.05) is 64.5 Å². The highest BCUT2D eigenvalue weighted by molar-refractivity contribution is 5.15. The smallest absolute Gasteiger partial charge is 0.133 e. The van der Waals surface area contributed by atoms with Crippen molar-refractivity contribution in [1.29, 1.82) is 0 Å². The van der Waals surface area contributed by atoms with Crippen molar-refractivity contribution in [2.24, 2.45) is 0 Å². The minimum absolute atomic E-state index is 0.210. The lowest BCUT2D eigenvalue weighted by atomic mass is 9.77. The average molecular weight is 251 g/mol. The first-order valence-electron chi connectivity index (χ1n) is 7.56. The van der Waals surface area contributed by atoms with E-state index in [0.29, 0.717) is 0 Å². The molecule has 104 valence electrons. The summed E-state index contributed by atoms with van der Waals surface area (Å²) in [6, 6.07) is 2.12. The van der Waals surface area contributed by atoms with Gasteiger partial charge in [-0.25, -0.2) is 0 Å². The largest absolute Gasteiger partial charge is 0.361 e.